The van der Waals surface area contributed by atoms with E-state index in [0.717, 1.165) is 51.7 Å². The third-order valence-corrected chi connectivity index (χ3v) is 3.19. The first-order valence-corrected chi connectivity index (χ1v) is 8.75. The molecule has 1 heterocycles. The van der Waals surface area contributed by atoms with Gasteiger partial charge >= 0.3 is 0 Å². The predicted octanol–water partition coefficient (Wildman–Crippen LogP) is 4.71. The minimum Gasteiger partial charge on any atom is -0.302 e. The third kappa shape index (κ3) is 13.7. The third-order valence-electron chi connectivity index (χ3n) is 3.19. The summed E-state index contributed by atoms with van der Waals surface area (Å²) in [6.07, 6.45) is 14.3. The van der Waals surface area contributed by atoms with Crippen molar-refractivity contribution in [2.24, 2.45) is 4.99 Å². The molecule has 1 aliphatic rings. The summed E-state index contributed by atoms with van der Waals surface area (Å²) in [4.78, 5) is 6.97. The zero-order chi connectivity index (χ0) is 15.6. The van der Waals surface area contributed by atoms with Gasteiger partial charge in [0.25, 0.3) is 0 Å². The van der Waals surface area contributed by atoms with Gasteiger partial charge in [0.1, 0.15) is 0 Å². The molecule has 2 heteroatoms. The molecule has 21 heavy (non-hydrogen) atoms. The minimum absolute atomic E-state index is 0.935. The Hall–Kier alpha value is -1.07. The van der Waals surface area contributed by atoms with E-state index >= 15 is 0 Å². The first-order chi connectivity index (χ1) is 10.4. The zero-order valence-electron chi connectivity index (χ0n) is 14.4. The Morgan fingerprint density at radius 2 is 1.76 bits per heavy atom. The molecule has 0 atom stereocenters. The lowest BCUT2D eigenvalue weighted by Crippen LogP contribution is -2.27. The topological polar surface area (TPSA) is 15.6 Å². The molecule has 120 valence electrons. The van der Waals surface area contributed by atoms with Gasteiger partial charge in [-0.05, 0) is 44.9 Å². The van der Waals surface area contributed by atoms with E-state index in [-0.39, 0.29) is 0 Å². The summed E-state index contributed by atoms with van der Waals surface area (Å²) >= 11 is 0. The second kappa shape index (κ2) is 17.0. The lowest BCUT2D eigenvalue weighted by atomic mass is 10.2. The monoisotopic (exact) mass is 290 g/mol. The molecule has 1 aliphatic heterocycles. The predicted molar refractivity (Wildman–Crippen MR) is 96.1 cm³/mol. The number of aliphatic imine (C=N–C) groups is 1. The SMILES string of the molecule is CC.CCCN1CCC#CCCC/C=C/CCN=CCC1. The first-order valence-electron chi connectivity index (χ1n) is 8.75. The highest BCUT2D eigenvalue weighted by Gasteiger charge is 2.00. The van der Waals surface area contributed by atoms with Crippen molar-refractivity contribution in [2.45, 2.75) is 65.7 Å². The number of rotatable bonds is 2. The van der Waals surface area contributed by atoms with Crippen molar-refractivity contribution in [1.82, 2.24) is 4.90 Å². The molecule has 0 unspecified atom stereocenters. The van der Waals surface area contributed by atoms with E-state index in [1.54, 1.807) is 0 Å². The van der Waals surface area contributed by atoms with E-state index in [1.165, 1.54) is 19.4 Å². The normalized spacial score (nSPS) is 19.8. The van der Waals surface area contributed by atoms with Gasteiger partial charge in [-0.25, -0.2) is 0 Å². The molecule has 0 spiro atoms. The van der Waals surface area contributed by atoms with Crippen molar-refractivity contribution in [3.8, 4) is 11.8 Å². The molecule has 0 saturated heterocycles. The van der Waals surface area contributed by atoms with E-state index in [2.05, 4.69) is 47.0 Å². The quantitative estimate of drug-likeness (QED) is 0.531. The zero-order valence-corrected chi connectivity index (χ0v) is 14.4. The van der Waals surface area contributed by atoms with Crippen LogP contribution < -0.4 is 0 Å². The van der Waals surface area contributed by atoms with Crippen molar-refractivity contribution in [1.29, 1.82) is 0 Å². The van der Waals surface area contributed by atoms with Gasteiger partial charge < -0.3 is 4.90 Å². The van der Waals surface area contributed by atoms with Gasteiger partial charge in [-0.2, -0.15) is 0 Å². The molecule has 0 saturated carbocycles. The molecule has 0 aromatic rings. The summed E-state index contributed by atoms with van der Waals surface area (Å²) in [6, 6.07) is 0. The summed E-state index contributed by atoms with van der Waals surface area (Å²) < 4.78 is 0. The van der Waals surface area contributed by atoms with Crippen LogP contribution in [0.3, 0.4) is 0 Å². The maximum Gasteiger partial charge on any atom is 0.0419 e. The van der Waals surface area contributed by atoms with Crippen molar-refractivity contribution < 1.29 is 0 Å². The molecule has 0 amide bonds. The highest BCUT2D eigenvalue weighted by Crippen LogP contribution is 1.99. The van der Waals surface area contributed by atoms with Crippen molar-refractivity contribution in [2.75, 3.05) is 26.2 Å². The van der Waals surface area contributed by atoms with Crippen LogP contribution in [0.25, 0.3) is 0 Å². The molecule has 0 aliphatic carbocycles. The largest absolute Gasteiger partial charge is 0.302 e. The maximum absolute atomic E-state index is 4.46. The van der Waals surface area contributed by atoms with Crippen molar-refractivity contribution in [3.05, 3.63) is 12.2 Å². The second-order valence-corrected chi connectivity index (χ2v) is 4.97. The smallest absolute Gasteiger partial charge is 0.0419 e. The number of hydrogen-bond acceptors (Lipinski definition) is 2. The molecule has 1 rings (SSSR count). The average molecular weight is 290 g/mol. The summed E-state index contributed by atoms with van der Waals surface area (Å²) in [7, 11) is 0. The van der Waals surface area contributed by atoms with E-state index in [0.29, 0.717) is 0 Å². The first kappa shape index (κ1) is 19.9. The van der Waals surface area contributed by atoms with Crippen LogP contribution in [0.1, 0.15) is 65.7 Å². The lowest BCUT2D eigenvalue weighted by molar-refractivity contribution is 0.289. The minimum atomic E-state index is 0.935. The maximum atomic E-state index is 4.46. The molecule has 0 fully saturated rings. The Labute approximate surface area is 132 Å². The number of nitrogens with zero attached hydrogens (tertiary/aromatic N) is 2. The fourth-order valence-corrected chi connectivity index (χ4v) is 2.16. The Balaban J connectivity index is 0.00000191. The van der Waals surface area contributed by atoms with Gasteiger partial charge in [0.05, 0.1) is 0 Å². The van der Waals surface area contributed by atoms with Crippen molar-refractivity contribution >= 4 is 6.21 Å². The van der Waals surface area contributed by atoms with Crippen LogP contribution in [0, 0.1) is 11.8 Å². The number of hydrogen-bond donors (Lipinski definition) is 0. The summed E-state index contributed by atoms with van der Waals surface area (Å²) in [5.41, 5.74) is 0. The fourth-order valence-electron chi connectivity index (χ4n) is 2.16. The van der Waals surface area contributed by atoms with Crippen LogP contribution in [-0.4, -0.2) is 37.3 Å². The van der Waals surface area contributed by atoms with E-state index in [1.807, 2.05) is 13.8 Å². The van der Waals surface area contributed by atoms with E-state index in [9.17, 15) is 0 Å². The Morgan fingerprint density at radius 3 is 2.57 bits per heavy atom. The molecule has 0 aromatic carbocycles. The van der Waals surface area contributed by atoms with Crippen LogP contribution in [0.15, 0.2) is 17.1 Å². The fraction of sp³-hybridized carbons (Fsp3) is 0.737. The summed E-state index contributed by atoms with van der Waals surface area (Å²) in [6.45, 7) is 10.6. The van der Waals surface area contributed by atoms with E-state index in [4.69, 9.17) is 0 Å². The van der Waals surface area contributed by atoms with Crippen LogP contribution in [0.4, 0.5) is 0 Å². The molecule has 0 N–H and O–H groups in total. The van der Waals surface area contributed by atoms with Crippen LogP contribution in [0.5, 0.6) is 0 Å². The second-order valence-electron chi connectivity index (χ2n) is 4.97. The van der Waals surface area contributed by atoms with Gasteiger partial charge in [-0.3, -0.25) is 4.99 Å². The van der Waals surface area contributed by atoms with Gasteiger partial charge in [-0.1, -0.05) is 32.9 Å². The molecular formula is C19H34N2. The average Bonchev–Trinajstić information content (AvgIpc) is 2.51. The van der Waals surface area contributed by atoms with Crippen LogP contribution in [-0.2, 0) is 0 Å². The van der Waals surface area contributed by atoms with Crippen LogP contribution in [0.2, 0.25) is 0 Å². The molecule has 0 bridgehead atoms. The Kier molecular flexibility index (Phi) is 16.1. The molecule has 2 nitrogen and oxygen atoms in total. The van der Waals surface area contributed by atoms with Gasteiger partial charge in [0.2, 0.25) is 0 Å². The van der Waals surface area contributed by atoms with Crippen molar-refractivity contribution in [3.63, 3.8) is 0 Å². The van der Waals surface area contributed by atoms with Gasteiger partial charge in [0.15, 0.2) is 0 Å². The molecule has 0 aromatic heterocycles. The standard InChI is InChI=1S/C17H28N2.C2H6/c1-2-15-19-16-11-9-7-5-3-4-6-8-10-13-18-14-12-17-19;1-2/h6,8,14H,2-5,10-13,15-17H2,1H3;1-2H3/b8-6+,18-14?;. The molecule has 0 radical (unpaired) electrons. The Bertz CT molecular complexity index is 320. The van der Waals surface area contributed by atoms with Gasteiger partial charge in [0, 0.05) is 32.5 Å². The van der Waals surface area contributed by atoms with Crippen LogP contribution >= 0.6 is 0 Å². The highest BCUT2D eigenvalue weighted by molar-refractivity contribution is 5.57. The van der Waals surface area contributed by atoms with Gasteiger partial charge in [-0.15, -0.1) is 11.8 Å². The summed E-state index contributed by atoms with van der Waals surface area (Å²) in [5, 5.41) is 0. The molecular weight excluding hydrogens is 256 g/mol. The lowest BCUT2D eigenvalue weighted by Gasteiger charge is -2.19. The number of allylic oxidation sites excluding steroid dienone is 1. The van der Waals surface area contributed by atoms with E-state index < -0.39 is 0 Å². The highest BCUT2D eigenvalue weighted by atomic mass is 15.1. The Morgan fingerprint density at radius 1 is 1.00 bits per heavy atom. The summed E-state index contributed by atoms with van der Waals surface area (Å²) in [5.74, 6) is 6.60.